The van der Waals surface area contributed by atoms with E-state index in [0.717, 1.165) is 16.5 Å². The lowest BCUT2D eigenvalue weighted by Crippen LogP contribution is -2.51. The maximum Gasteiger partial charge on any atom is 0.269 e. The van der Waals surface area contributed by atoms with Gasteiger partial charge >= 0.3 is 0 Å². The Morgan fingerprint density at radius 1 is 1.09 bits per heavy atom. The molecule has 0 radical (unpaired) electrons. The molecule has 2 aliphatic heterocycles. The van der Waals surface area contributed by atoms with E-state index in [2.05, 4.69) is 40.9 Å². The molecule has 0 bridgehead atoms. The van der Waals surface area contributed by atoms with Crippen LogP contribution in [-0.2, 0) is 34.6 Å². The predicted octanol–water partition coefficient (Wildman–Crippen LogP) is 5.42. The molecule has 2 amide bonds. The quantitative estimate of drug-likeness (QED) is 0.0604. The molecule has 56 heavy (non-hydrogen) atoms. The minimum atomic E-state index is -2.49. The molecule has 0 aliphatic carbocycles. The summed E-state index contributed by atoms with van der Waals surface area (Å²) in [6, 6.07) is 26.5. The number of nitrogens with two attached hydrogens (primary N) is 1. The number of carbonyl (C=O) groups excluding carboxylic acids is 2. The van der Waals surface area contributed by atoms with E-state index in [0.29, 0.717) is 53.3 Å². The van der Waals surface area contributed by atoms with Crippen molar-refractivity contribution >= 4 is 47.8 Å². The number of nitrogen functional groups attached to an aromatic ring is 1. The molecule has 1 spiro atoms. The van der Waals surface area contributed by atoms with Gasteiger partial charge in [0.15, 0.2) is 5.60 Å². The average molecular weight is 776 g/mol. The second-order valence-corrected chi connectivity index (χ2v) is 19.7. The minimum absolute atomic E-state index is 0.0408. The number of nitro groups is 1. The van der Waals surface area contributed by atoms with Gasteiger partial charge in [-0.2, -0.15) is 0 Å². The fourth-order valence-corrected chi connectivity index (χ4v) is 12.6. The van der Waals surface area contributed by atoms with Crippen LogP contribution in [0.15, 0.2) is 97.2 Å². The molecule has 7 rings (SSSR count). The molecule has 290 valence electrons. The summed E-state index contributed by atoms with van der Waals surface area (Å²) in [5.41, 5.74) is 8.00. The summed E-state index contributed by atoms with van der Waals surface area (Å²) in [4.78, 5) is 41.7. The van der Waals surface area contributed by atoms with Gasteiger partial charge in [-0.1, -0.05) is 54.7 Å². The number of anilines is 3. The molecule has 0 saturated carbocycles. The zero-order valence-electron chi connectivity index (χ0n) is 31.7. The number of aliphatic hydroxyl groups is 1. The van der Waals surface area contributed by atoms with E-state index < -0.39 is 24.7 Å². The van der Waals surface area contributed by atoms with Crippen LogP contribution < -0.4 is 25.9 Å². The number of hydrogen-bond donors (Lipinski definition) is 3. The van der Waals surface area contributed by atoms with Crippen molar-refractivity contribution in [1.29, 1.82) is 0 Å². The summed E-state index contributed by atoms with van der Waals surface area (Å²) >= 11 is 0. The van der Waals surface area contributed by atoms with Gasteiger partial charge in [-0.15, -0.1) is 5.10 Å². The maximum absolute atomic E-state index is 15.2. The van der Waals surface area contributed by atoms with Gasteiger partial charge in [0.2, 0.25) is 0 Å². The Morgan fingerprint density at radius 2 is 1.84 bits per heavy atom. The molecule has 14 nitrogen and oxygen atoms in total. The molecule has 1 fully saturated rings. The summed E-state index contributed by atoms with van der Waals surface area (Å²) in [7, 11) is -0.868. The highest BCUT2D eigenvalue weighted by Gasteiger charge is 2.66. The number of nitro benzene ring substituents is 1. The van der Waals surface area contributed by atoms with Crippen LogP contribution >= 0.6 is 0 Å². The number of amides is 2. The standard InChI is InChI=1S/C41H45N7O7Si/c1-26-38(56(3,4)34-15-13-33(54-2)14-16-34)37(18-20-46-25-31(19-21-49)44-45-46)55-41(26)35-23-32(48(52)53)12-17-36(35)47(40(41)51)24-27-6-5-7-30(22-27)43-39(50)28-8-10-29(42)11-9-28/h5-17,22-23,25-26,37-38,49H,18-21,24,42H2,1-4H3,(H,43,50)/t26-,37+,38-,41+/m0/s1. The van der Waals surface area contributed by atoms with Crippen molar-refractivity contribution in [3.8, 4) is 5.75 Å². The molecule has 3 heterocycles. The first-order valence-corrected chi connectivity index (χ1v) is 21.6. The molecule has 15 heteroatoms. The Hall–Kier alpha value is -5.90. The van der Waals surface area contributed by atoms with Gasteiger partial charge in [-0.05, 0) is 72.1 Å². The normalized spacial score (nSPS) is 20.3. The number of nitrogens with zero attached hydrogens (tertiary/aromatic N) is 5. The third-order valence-corrected chi connectivity index (χ3v) is 15.7. The lowest BCUT2D eigenvalue weighted by Gasteiger charge is -2.37. The van der Waals surface area contributed by atoms with Gasteiger partial charge in [-0.25, -0.2) is 0 Å². The third kappa shape index (κ3) is 7.04. The zero-order valence-corrected chi connectivity index (χ0v) is 32.7. The largest absolute Gasteiger partial charge is 0.497 e. The number of hydrogen-bond acceptors (Lipinski definition) is 10. The number of methoxy groups -OCH3 is 1. The van der Waals surface area contributed by atoms with Crippen LogP contribution in [-0.4, -0.2) is 64.7 Å². The Kier molecular flexibility index (Phi) is 10.5. The number of nitrogens with one attached hydrogen (secondary N) is 1. The first-order chi connectivity index (χ1) is 26.8. The van der Waals surface area contributed by atoms with E-state index >= 15 is 4.79 Å². The number of aromatic nitrogens is 3. The second kappa shape index (κ2) is 15.3. The first kappa shape index (κ1) is 38.4. The average Bonchev–Trinajstić information content (AvgIpc) is 3.84. The monoisotopic (exact) mass is 775 g/mol. The molecule has 4 aromatic carbocycles. The van der Waals surface area contributed by atoms with Gasteiger partial charge in [0.1, 0.15) is 5.75 Å². The number of carbonyl (C=O) groups is 2. The van der Waals surface area contributed by atoms with Gasteiger partial charge in [0, 0.05) is 66.3 Å². The number of aliphatic hydroxyl groups excluding tert-OH is 1. The van der Waals surface area contributed by atoms with Crippen molar-refractivity contribution in [2.24, 2.45) is 5.92 Å². The SMILES string of the molecule is COc1ccc([Si](C)(C)[C@@H]2[C@@H](CCn3cc(CCO)nn3)O[C@]3(C(=O)N(Cc4cccc(NC(=O)c5ccc(N)cc5)c4)c4ccc([N+](=O)[O-])cc43)[C@H]2C)cc1. The molecular weight excluding hydrogens is 731 g/mol. The van der Waals surface area contributed by atoms with Crippen LogP contribution in [0.5, 0.6) is 5.75 Å². The van der Waals surface area contributed by atoms with Crippen LogP contribution in [0, 0.1) is 16.0 Å². The lowest BCUT2D eigenvalue weighted by molar-refractivity contribution is -0.385. The third-order valence-electron chi connectivity index (χ3n) is 11.3. The first-order valence-electron chi connectivity index (χ1n) is 18.5. The fourth-order valence-electron chi connectivity index (χ4n) is 8.55. The molecular formula is C41H45N7O7Si. The lowest BCUT2D eigenvalue weighted by atomic mass is 9.82. The van der Waals surface area contributed by atoms with Crippen LogP contribution in [0.3, 0.4) is 0 Å². The van der Waals surface area contributed by atoms with Crippen LogP contribution in [0.4, 0.5) is 22.7 Å². The Labute approximate surface area is 325 Å². The summed E-state index contributed by atoms with van der Waals surface area (Å²) < 4.78 is 14.3. The minimum Gasteiger partial charge on any atom is -0.497 e. The van der Waals surface area contributed by atoms with E-state index in [-0.39, 0.29) is 42.1 Å². The van der Waals surface area contributed by atoms with E-state index in [4.69, 9.17) is 15.2 Å². The van der Waals surface area contributed by atoms with E-state index in [1.807, 2.05) is 31.2 Å². The fraction of sp³-hybridized carbons (Fsp3) is 0.317. The number of aryl methyl sites for hydroxylation is 1. The van der Waals surface area contributed by atoms with Crippen molar-refractivity contribution in [2.75, 3.05) is 29.7 Å². The topological polar surface area (TPSA) is 188 Å². The second-order valence-electron chi connectivity index (χ2n) is 15.0. The Bertz CT molecular complexity index is 2260. The van der Waals surface area contributed by atoms with Gasteiger partial charge in [-0.3, -0.25) is 24.4 Å². The van der Waals surface area contributed by atoms with E-state index in [9.17, 15) is 20.0 Å². The van der Waals surface area contributed by atoms with Crippen molar-refractivity contribution < 1.29 is 29.1 Å². The molecule has 2 aliphatic rings. The zero-order chi connectivity index (χ0) is 39.8. The molecule has 4 atom stereocenters. The molecule has 5 aromatic rings. The van der Waals surface area contributed by atoms with Gasteiger partial charge in [0.05, 0.1) is 44.1 Å². The summed E-state index contributed by atoms with van der Waals surface area (Å²) in [5, 5.41) is 34.2. The summed E-state index contributed by atoms with van der Waals surface area (Å²) in [6.07, 6.45) is 2.26. The molecule has 1 saturated heterocycles. The van der Waals surface area contributed by atoms with Crippen molar-refractivity contribution in [1.82, 2.24) is 15.0 Å². The summed E-state index contributed by atoms with van der Waals surface area (Å²) in [6.45, 7) is 7.13. The van der Waals surface area contributed by atoms with Gasteiger partial charge in [0.25, 0.3) is 17.5 Å². The number of rotatable bonds is 13. The van der Waals surface area contributed by atoms with Crippen molar-refractivity contribution in [2.45, 2.75) is 63.2 Å². The predicted molar refractivity (Wildman–Crippen MR) is 215 cm³/mol. The van der Waals surface area contributed by atoms with Crippen LogP contribution in [0.1, 0.15) is 40.5 Å². The number of fused-ring (bicyclic) bond motifs is 2. The van der Waals surface area contributed by atoms with Gasteiger partial charge < -0.3 is 30.5 Å². The smallest absolute Gasteiger partial charge is 0.269 e. The highest BCUT2D eigenvalue weighted by Crippen LogP contribution is 2.60. The Morgan fingerprint density at radius 3 is 2.54 bits per heavy atom. The number of benzene rings is 4. The summed E-state index contributed by atoms with van der Waals surface area (Å²) in [5.74, 6) is -0.250. The van der Waals surface area contributed by atoms with Crippen molar-refractivity contribution in [3.05, 3.63) is 130 Å². The Balaban J connectivity index is 1.26. The molecule has 0 unspecified atom stereocenters. The van der Waals surface area contributed by atoms with Crippen LogP contribution in [0.2, 0.25) is 18.6 Å². The molecule has 4 N–H and O–H groups in total. The van der Waals surface area contributed by atoms with E-state index in [1.165, 1.54) is 12.1 Å². The van der Waals surface area contributed by atoms with Crippen LogP contribution in [0.25, 0.3) is 0 Å². The molecule has 1 aromatic heterocycles. The number of non-ortho nitro benzene ring substituents is 1. The maximum atomic E-state index is 15.2. The highest BCUT2D eigenvalue weighted by atomic mass is 28.3. The highest BCUT2D eigenvalue weighted by molar-refractivity contribution is 6.91. The van der Waals surface area contributed by atoms with E-state index in [1.54, 1.807) is 65.4 Å². The van der Waals surface area contributed by atoms with Crippen molar-refractivity contribution in [3.63, 3.8) is 0 Å². The number of ether oxygens (including phenoxy) is 2.